The third kappa shape index (κ3) is 2.81. The average molecular weight is 277 g/mol. The van der Waals surface area contributed by atoms with Gasteiger partial charge in [-0.05, 0) is 51.0 Å². The SMILES string of the molecule is CC1(C)CCCC(CN2CCC[C@H]3CCCC[C@H]32)C1=O. The van der Waals surface area contributed by atoms with E-state index in [0.29, 0.717) is 11.7 Å². The molecule has 1 aliphatic heterocycles. The maximum Gasteiger partial charge on any atom is 0.142 e. The Morgan fingerprint density at radius 2 is 1.80 bits per heavy atom. The van der Waals surface area contributed by atoms with Gasteiger partial charge in [0.1, 0.15) is 5.78 Å². The van der Waals surface area contributed by atoms with E-state index in [2.05, 4.69) is 18.7 Å². The molecule has 1 saturated heterocycles. The molecule has 114 valence electrons. The fraction of sp³-hybridized carbons (Fsp3) is 0.944. The second-order valence-corrected chi connectivity index (χ2v) is 8.09. The van der Waals surface area contributed by atoms with Crippen LogP contribution in [-0.4, -0.2) is 29.8 Å². The lowest BCUT2D eigenvalue weighted by Crippen LogP contribution is -2.51. The first-order valence-corrected chi connectivity index (χ1v) is 8.86. The van der Waals surface area contributed by atoms with Crippen molar-refractivity contribution in [2.45, 2.75) is 77.7 Å². The molecule has 1 unspecified atom stereocenters. The highest BCUT2D eigenvalue weighted by Gasteiger charge is 2.40. The fourth-order valence-corrected chi connectivity index (χ4v) is 5.01. The summed E-state index contributed by atoms with van der Waals surface area (Å²) in [5.41, 5.74) is -0.0648. The first-order valence-electron chi connectivity index (χ1n) is 8.86. The van der Waals surface area contributed by atoms with Gasteiger partial charge in [0.25, 0.3) is 0 Å². The number of Topliss-reactive ketones (excluding diaryl/α,β-unsaturated/α-hetero) is 1. The zero-order valence-corrected chi connectivity index (χ0v) is 13.4. The van der Waals surface area contributed by atoms with E-state index in [1.807, 2.05) is 0 Å². The minimum atomic E-state index is -0.0648. The van der Waals surface area contributed by atoms with Crippen molar-refractivity contribution in [3.63, 3.8) is 0 Å². The number of likely N-dealkylation sites (tertiary alicyclic amines) is 1. The zero-order valence-electron chi connectivity index (χ0n) is 13.4. The molecule has 20 heavy (non-hydrogen) atoms. The van der Waals surface area contributed by atoms with Crippen molar-refractivity contribution in [1.29, 1.82) is 0 Å². The summed E-state index contributed by atoms with van der Waals surface area (Å²) >= 11 is 0. The molecule has 3 fully saturated rings. The number of hydrogen-bond donors (Lipinski definition) is 0. The minimum Gasteiger partial charge on any atom is -0.299 e. The summed E-state index contributed by atoms with van der Waals surface area (Å²) in [4.78, 5) is 15.4. The Labute approximate surface area is 124 Å². The van der Waals surface area contributed by atoms with Crippen LogP contribution in [-0.2, 0) is 4.79 Å². The van der Waals surface area contributed by atoms with Crippen molar-refractivity contribution in [3.8, 4) is 0 Å². The largest absolute Gasteiger partial charge is 0.299 e. The van der Waals surface area contributed by atoms with Crippen LogP contribution in [0.2, 0.25) is 0 Å². The molecule has 3 atom stereocenters. The molecule has 0 aromatic heterocycles. The summed E-state index contributed by atoms with van der Waals surface area (Å²) in [6, 6.07) is 0.801. The molecule has 0 bridgehead atoms. The van der Waals surface area contributed by atoms with E-state index in [1.54, 1.807) is 0 Å². The van der Waals surface area contributed by atoms with Gasteiger partial charge in [-0.25, -0.2) is 0 Å². The summed E-state index contributed by atoms with van der Waals surface area (Å²) in [5.74, 6) is 1.80. The number of carbonyl (C=O) groups excluding carboxylic acids is 1. The third-order valence-corrected chi connectivity index (χ3v) is 6.21. The Bertz CT molecular complexity index is 360. The lowest BCUT2D eigenvalue weighted by Gasteiger charge is -2.46. The topological polar surface area (TPSA) is 20.3 Å². The Balaban J connectivity index is 1.65. The molecule has 2 saturated carbocycles. The van der Waals surface area contributed by atoms with Gasteiger partial charge in [0.2, 0.25) is 0 Å². The Morgan fingerprint density at radius 3 is 2.65 bits per heavy atom. The van der Waals surface area contributed by atoms with Crippen molar-refractivity contribution in [1.82, 2.24) is 4.90 Å². The van der Waals surface area contributed by atoms with Gasteiger partial charge in [0.05, 0.1) is 0 Å². The van der Waals surface area contributed by atoms with E-state index >= 15 is 0 Å². The lowest BCUT2D eigenvalue weighted by molar-refractivity contribution is -0.135. The molecule has 0 spiro atoms. The van der Waals surface area contributed by atoms with E-state index in [4.69, 9.17) is 0 Å². The van der Waals surface area contributed by atoms with Crippen molar-refractivity contribution in [2.24, 2.45) is 17.3 Å². The summed E-state index contributed by atoms with van der Waals surface area (Å²) in [6.07, 6.45) is 11.9. The van der Waals surface area contributed by atoms with Crippen LogP contribution in [0.3, 0.4) is 0 Å². The highest BCUT2D eigenvalue weighted by molar-refractivity contribution is 5.87. The summed E-state index contributed by atoms with van der Waals surface area (Å²) in [7, 11) is 0. The number of nitrogens with zero attached hydrogens (tertiary/aromatic N) is 1. The van der Waals surface area contributed by atoms with Crippen LogP contribution < -0.4 is 0 Å². The molecule has 3 rings (SSSR count). The number of hydrogen-bond acceptors (Lipinski definition) is 2. The summed E-state index contributed by atoms with van der Waals surface area (Å²) in [5, 5.41) is 0. The van der Waals surface area contributed by atoms with Crippen molar-refractivity contribution in [3.05, 3.63) is 0 Å². The van der Waals surface area contributed by atoms with Gasteiger partial charge in [-0.3, -0.25) is 9.69 Å². The highest BCUT2D eigenvalue weighted by atomic mass is 16.1. The maximum atomic E-state index is 12.7. The van der Waals surface area contributed by atoms with Gasteiger partial charge < -0.3 is 0 Å². The molecule has 1 heterocycles. The monoisotopic (exact) mass is 277 g/mol. The van der Waals surface area contributed by atoms with E-state index in [9.17, 15) is 4.79 Å². The number of ketones is 1. The van der Waals surface area contributed by atoms with Gasteiger partial charge in [-0.2, -0.15) is 0 Å². The van der Waals surface area contributed by atoms with E-state index in [0.717, 1.165) is 31.3 Å². The molecule has 0 radical (unpaired) electrons. The van der Waals surface area contributed by atoms with Crippen molar-refractivity contribution < 1.29 is 4.79 Å². The van der Waals surface area contributed by atoms with Crippen LogP contribution in [0, 0.1) is 17.3 Å². The predicted molar refractivity (Wildman–Crippen MR) is 82.7 cm³/mol. The first kappa shape index (κ1) is 14.6. The van der Waals surface area contributed by atoms with Gasteiger partial charge in [-0.1, -0.05) is 33.1 Å². The molecule has 0 aromatic rings. The smallest absolute Gasteiger partial charge is 0.142 e. The van der Waals surface area contributed by atoms with Crippen LogP contribution in [0.25, 0.3) is 0 Å². The van der Waals surface area contributed by atoms with Gasteiger partial charge in [0.15, 0.2) is 0 Å². The van der Waals surface area contributed by atoms with Crippen LogP contribution in [0.1, 0.15) is 71.6 Å². The normalized spacial score (nSPS) is 38.5. The molecule has 3 aliphatic rings. The minimum absolute atomic E-state index is 0.0648. The Kier molecular flexibility index (Phi) is 4.21. The van der Waals surface area contributed by atoms with Gasteiger partial charge >= 0.3 is 0 Å². The lowest BCUT2D eigenvalue weighted by atomic mass is 9.70. The quantitative estimate of drug-likeness (QED) is 0.759. The summed E-state index contributed by atoms with van der Waals surface area (Å²) < 4.78 is 0. The van der Waals surface area contributed by atoms with Gasteiger partial charge in [-0.15, -0.1) is 0 Å². The first-order chi connectivity index (χ1) is 9.58. The number of carbonyl (C=O) groups is 1. The summed E-state index contributed by atoms with van der Waals surface area (Å²) in [6.45, 7) is 6.61. The number of rotatable bonds is 2. The molecular formula is C18H31NO. The van der Waals surface area contributed by atoms with Crippen LogP contribution in [0.15, 0.2) is 0 Å². The Morgan fingerprint density at radius 1 is 1.05 bits per heavy atom. The van der Waals surface area contributed by atoms with Crippen molar-refractivity contribution in [2.75, 3.05) is 13.1 Å². The maximum absolute atomic E-state index is 12.7. The fourth-order valence-electron chi connectivity index (χ4n) is 5.01. The predicted octanol–water partition coefficient (Wildman–Crippen LogP) is 4.04. The molecule has 0 N–H and O–H groups in total. The highest BCUT2D eigenvalue weighted by Crippen LogP contribution is 2.39. The molecule has 0 amide bonds. The van der Waals surface area contributed by atoms with Crippen LogP contribution >= 0.6 is 0 Å². The van der Waals surface area contributed by atoms with Crippen LogP contribution in [0.5, 0.6) is 0 Å². The molecule has 2 aliphatic carbocycles. The zero-order chi connectivity index (χ0) is 14.2. The second-order valence-electron chi connectivity index (χ2n) is 8.09. The molecule has 2 heteroatoms. The third-order valence-electron chi connectivity index (χ3n) is 6.21. The van der Waals surface area contributed by atoms with E-state index in [1.165, 1.54) is 51.5 Å². The molecule has 0 aromatic carbocycles. The van der Waals surface area contributed by atoms with Crippen LogP contribution in [0.4, 0.5) is 0 Å². The number of fused-ring (bicyclic) bond motifs is 1. The Hall–Kier alpha value is -0.370. The standard InChI is InChI=1S/C18H31NO/c1-18(2)11-5-8-15(17(18)20)13-19-12-6-9-14-7-3-4-10-16(14)19/h14-16H,3-13H2,1-2H3/t14-,15?,16-/m1/s1. The number of piperidine rings is 1. The average Bonchev–Trinajstić information content (AvgIpc) is 2.44. The van der Waals surface area contributed by atoms with Crippen molar-refractivity contribution >= 4 is 5.78 Å². The molecular weight excluding hydrogens is 246 g/mol. The second kappa shape index (κ2) is 5.79. The van der Waals surface area contributed by atoms with E-state index < -0.39 is 0 Å². The van der Waals surface area contributed by atoms with Gasteiger partial charge in [0, 0.05) is 23.9 Å². The van der Waals surface area contributed by atoms with E-state index in [-0.39, 0.29) is 5.41 Å². The molecule has 2 nitrogen and oxygen atoms in total.